The zero-order chi connectivity index (χ0) is 17.7. The summed E-state index contributed by atoms with van der Waals surface area (Å²) in [5.41, 5.74) is -0.187. The topological polar surface area (TPSA) is 49.3 Å². The monoisotopic (exact) mass is 331 g/mol. The van der Waals surface area contributed by atoms with Gasteiger partial charge in [-0.15, -0.1) is 0 Å². The average Bonchev–Trinajstić information content (AvgIpc) is 2.44. The number of amides is 1. The molecular formula is C17H24F3NO2. The lowest BCUT2D eigenvalue weighted by molar-refractivity contribution is -0.137. The fourth-order valence-corrected chi connectivity index (χ4v) is 2.20. The maximum absolute atomic E-state index is 12.5. The molecule has 2 N–H and O–H groups in total. The zero-order valence-electron chi connectivity index (χ0n) is 13.7. The molecule has 0 spiro atoms. The Bertz CT molecular complexity index is 510. The molecule has 0 aliphatic heterocycles. The molecule has 1 aromatic carbocycles. The van der Waals surface area contributed by atoms with Gasteiger partial charge in [-0.2, -0.15) is 13.2 Å². The highest BCUT2D eigenvalue weighted by Gasteiger charge is 2.30. The van der Waals surface area contributed by atoms with Crippen molar-refractivity contribution in [3.63, 3.8) is 0 Å². The maximum atomic E-state index is 12.5. The largest absolute Gasteiger partial charge is 0.416 e. The first-order chi connectivity index (χ1) is 10.5. The van der Waals surface area contributed by atoms with Crippen molar-refractivity contribution in [1.29, 1.82) is 0 Å². The van der Waals surface area contributed by atoms with E-state index in [0.717, 1.165) is 12.1 Å². The summed E-state index contributed by atoms with van der Waals surface area (Å²) in [5.74, 6) is -0.318. The van der Waals surface area contributed by atoms with Gasteiger partial charge >= 0.3 is 6.18 Å². The number of carbonyl (C=O) groups is 1. The molecule has 130 valence electrons. The summed E-state index contributed by atoms with van der Waals surface area (Å²) in [6.07, 6.45) is -3.56. The van der Waals surface area contributed by atoms with Gasteiger partial charge < -0.3 is 10.4 Å². The molecule has 0 saturated carbocycles. The molecule has 0 fully saturated rings. The second-order valence-corrected chi connectivity index (χ2v) is 6.64. The van der Waals surface area contributed by atoms with Gasteiger partial charge in [0.25, 0.3) is 0 Å². The average molecular weight is 331 g/mol. The minimum Gasteiger partial charge on any atom is -0.396 e. The first kappa shape index (κ1) is 19.5. The van der Waals surface area contributed by atoms with Gasteiger partial charge in [0.15, 0.2) is 0 Å². The van der Waals surface area contributed by atoms with Gasteiger partial charge in [0.05, 0.1) is 5.56 Å². The number of aliphatic hydroxyl groups is 1. The van der Waals surface area contributed by atoms with E-state index in [-0.39, 0.29) is 30.3 Å². The van der Waals surface area contributed by atoms with Crippen LogP contribution in [0.1, 0.15) is 50.7 Å². The third-order valence-corrected chi connectivity index (χ3v) is 3.85. The molecule has 23 heavy (non-hydrogen) atoms. The molecule has 0 heterocycles. The highest BCUT2D eigenvalue weighted by Crippen LogP contribution is 2.30. The lowest BCUT2D eigenvalue weighted by Crippen LogP contribution is -2.35. The molecular weight excluding hydrogens is 307 g/mol. The van der Waals surface area contributed by atoms with Crippen LogP contribution in [-0.2, 0) is 11.0 Å². The van der Waals surface area contributed by atoms with Crippen LogP contribution in [0.4, 0.5) is 13.2 Å². The number of alkyl halides is 3. The Morgan fingerprint density at radius 3 is 2.26 bits per heavy atom. The highest BCUT2D eigenvalue weighted by atomic mass is 19.4. The van der Waals surface area contributed by atoms with E-state index in [0.29, 0.717) is 18.5 Å². The van der Waals surface area contributed by atoms with Gasteiger partial charge in [-0.3, -0.25) is 4.79 Å². The smallest absolute Gasteiger partial charge is 0.396 e. The molecule has 0 radical (unpaired) electrons. The molecule has 1 unspecified atom stereocenters. The zero-order valence-corrected chi connectivity index (χ0v) is 13.7. The van der Waals surface area contributed by atoms with E-state index >= 15 is 0 Å². The van der Waals surface area contributed by atoms with Gasteiger partial charge in [0.2, 0.25) is 5.91 Å². The van der Waals surface area contributed by atoms with Gasteiger partial charge in [-0.05, 0) is 35.4 Å². The van der Waals surface area contributed by atoms with Crippen molar-refractivity contribution in [1.82, 2.24) is 5.32 Å². The Hall–Kier alpha value is -1.56. The fourth-order valence-electron chi connectivity index (χ4n) is 2.20. The van der Waals surface area contributed by atoms with Crippen molar-refractivity contribution in [2.24, 2.45) is 5.41 Å². The first-order valence-electron chi connectivity index (χ1n) is 7.60. The Morgan fingerprint density at radius 2 is 1.78 bits per heavy atom. The molecule has 1 atom stereocenters. The quantitative estimate of drug-likeness (QED) is 0.800. The van der Waals surface area contributed by atoms with Crippen molar-refractivity contribution < 1.29 is 23.1 Å². The number of hydrogen-bond acceptors (Lipinski definition) is 2. The summed E-state index contributed by atoms with van der Waals surface area (Å²) in [7, 11) is 0. The summed E-state index contributed by atoms with van der Waals surface area (Å²) in [6, 6.07) is 4.90. The Morgan fingerprint density at radius 1 is 1.22 bits per heavy atom. The molecule has 0 aromatic heterocycles. The van der Waals surface area contributed by atoms with E-state index in [2.05, 4.69) is 5.32 Å². The van der Waals surface area contributed by atoms with Crippen molar-refractivity contribution in [3.8, 4) is 0 Å². The number of hydrogen-bond donors (Lipinski definition) is 2. The number of nitrogens with one attached hydrogen (secondary N) is 1. The van der Waals surface area contributed by atoms with E-state index in [1.54, 1.807) is 6.92 Å². The molecule has 1 aromatic rings. The van der Waals surface area contributed by atoms with E-state index in [1.807, 2.05) is 13.8 Å². The molecule has 6 heteroatoms. The summed E-state index contributed by atoms with van der Waals surface area (Å²) < 4.78 is 37.6. The van der Waals surface area contributed by atoms with Crippen LogP contribution in [0.25, 0.3) is 0 Å². The van der Waals surface area contributed by atoms with Gasteiger partial charge in [-0.1, -0.05) is 32.9 Å². The molecule has 0 saturated heterocycles. The van der Waals surface area contributed by atoms with E-state index in [1.165, 1.54) is 12.1 Å². The van der Waals surface area contributed by atoms with Crippen LogP contribution < -0.4 is 5.32 Å². The maximum Gasteiger partial charge on any atom is 0.416 e. The van der Waals surface area contributed by atoms with Crippen molar-refractivity contribution >= 4 is 5.91 Å². The Balaban J connectivity index is 2.55. The number of halogens is 3. The number of carbonyl (C=O) groups excluding carboxylic acids is 1. The number of aliphatic hydroxyl groups excluding tert-OH is 1. The summed E-state index contributed by atoms with van der Waals surface area (Å²) in [6.45, 7) is 6.21. The molecule has 1 rings (SSSR count). The van der Waals surface area contributed by atoms with Gasteiger partial charge in [-0.25, -0.2) is 0 Å². The van der Waals surface area contributed by atoms with Crippen LogP contribution in [-0.4, -0.2) is 24.2 Å². The molecule has 0 bridgehead atoms. The Kier molecular flexibility index (Phi) is 6.62. The van der Waals surface area contributed by atoms with Gasteiger partial charge in [0, 0.05) is 19.6 Å². The standard InChI is InChI=1S/C17H24F3NO2/c1-12(10-15(23)21-11-16(2,3)8-9-22)13-4-6-14(7-5-13)17(18,19)20/h4-7,12,22H,8-11H2,1-3H3,(H,21,23). The second kappa shape index (κ2) is 7.81. The molecule has 0 aliphatic rings. The number of benzene rings is 1. The van der Waals surface area contributed by atoms with Crippen LogP contribution in [0.2, 0.25) is 0 Å². The van der Waals surface area contributed by atoms with E-state index in [9.17, 15) is 18.0 Å². The van der Waals surface area contributed by atoms with Crippen molar-refractivity contribution in [2.45, 2.75) is 45.7 Å². The molecule has 3 nitrogen and oxygen atoms in total. The predicted octanol–water partition coefficient (Wildman–Crippen LogP) is 3.72. The molecule has 0 aliphatic carbocycles. The van der Waals surface area contributed by atoms with Crippen molar-refractivity contribution in [3.05, 3.63) is 35.4 Å². The minimum absolute atomic E-state index is 0.0603. The lowest BCUT2D eigenvalue weighted by atomic mass is 9.89. The minimum atomic E-state index is -4.35. The van der Waals surface area contributed by atoms with Crippen molar-refractivity contribution in [2.75, 3.05) is 13.2 Å². The van der Waals surface area contributed by atoms with Crippen LogP contribution in [0.5, 0.6) is 0 Å². The normalized spacial score (nSPS) is 13.7. The lowest BCUT2D eigenvalue weighted by Gasteiger charge is -2.24. The number of rotatable bonds is 7. The SMILES string of the molecule is CC(CC(=O)NCC(C)(C)CCO)c1ccc(C(F)(F)F)cc1. The third-order valence-electron chi connectivity index (χ3n) is 3.85. The van der Waals surface area contributed by atoms with Crippen LogP contribution in [0.3, 0.4) is 0 Å². The van der Waals surface area contributed by atoms with E-state index in [4.69, 9.17) is 5.11 Å². The summed E-state index contributed by atoms with van der Waals surface area (Å²) in [5, 5.41) is 11.8. The van der Waals surface area contributed by atoms with Crippen LogP contribution >= 0.6 is 0 Å². The third kappa shape index (κ3) is 6.60. The van der Waals surface area contributed by atoms with Crippen LogP contribution in [0, 0.1) is 5.41 Å². The van der Waals surface area contributed by atoms with Gasteiger partial charge in [0.1, 0.15) is 0 Å². The molecule has 1 amide bonds. The fraction of sp³-hybridized carbons (Fsp3) is 0.588. The van der Waals surface area contributed by atoms with E-state index < -0.39 is 11.7 Å². The predicted molar refractivity (Wildman–Crippen MR) is 83.0 cm³/mol. The highest BCUT2D eigenvalue weighted by molar-refractivity contribution is 5.76. The second-order valence-electron chi connectivity index (χ2n) is 6.64. The first-order valence-corrected chi connectivity index (χ1v) is 7.60. The summed E-state index contributed by atoms with van der Waals surface area (Å²) >= 11 is 0. The summed E-state index contributed by atoms with van der Waals surface area (Å²) in [4.78, 5) is 12.0. The Labute approximate surface area is 134 Å². The van der Waals surface area contributed by atoms with Crippen LogP contribution in [0.15, 0.2) is 24.3 Å².